The van der Waals surface area contributed by atoms with Gasteiger partial charge in [0.15, 0.2) is 15.0 Å². The summed E-state index contributed by atoms with van der Waals surface area (Å²) < 4.78 is 29.6. The van der Waals surface area contributed by atoms with Crippen LogP contribution in [-0.4, -0.2) is 36.6 Å². The number of nitrogens with zero attached hydrogens (tertiary/aromatic N) is 2. The molecule has 0 saturated carbocycles. The normalized spacial score (nSPS) is 12.2. The number of anilines is 1. The van der Waals surface area contributed by atoms with Gasteiger partial charge in [-0.2, -0.15) is 0 Å². The molecule has 4 rings (SSSR count). The lowest BCUT2D eigenvalue weighted by Gasteiger charge is -2.12. The highest BCUT2D eigenvalue weighted by molar-refractivity contribution is 7.90. The number of hydrogen-bond acceptors (Lipinski definition) is 8. The first-order chi connectivity index (χ1) is 18.1. The van der Waals surface area contributed by atoms with Crippen LogP contribution < -0.4 is 15.4 Å². The highest BCUT2D eigenvalue weighted by Crippen LogP contribution is 2.31. The Morgan fingerprint density at radius 2 is 1.87 bits per heavy atom. The number of thiazole rings is 1. The van der Waals surface area contributed by atoms with Crippen molar-refractivity contribution in [2.75, 3.05) is 11.6 Å². The van der Waals surface area contributed by atoms with E-state index in [0.717, 1.165) is 35.2 Å². The van der Waals surface area contributed by atoms with Gasteiger partial charge in [0.2, 0.25) is 0 Å². The van der Waals surface area contributed by atoms with Crippen LogP contribution in [-0.2, 0) is 16.4 Å². The van der Waals surface area contributed by atoms with Gasteiger partial charge in [-0.15, -0.1) is 11.3 Å². The summed E-state index contributed by atoms with van der Waals surface area (Å²) in [5.74, 6) is 0.535. The van der Waals surface area contributed by atoms with Crippen molar-refractivity contribution in [1.82, 2.24) is 15.3 Å². The number of ether oxygens (including phenoxy) is 1. The minimum Gasteiger partial charge on any atom is -0.457 e. The van der Waals surface area contributed by atoms with E-state index < -0.39 is 9.84 Å². The third kappa shape index (κ3) is 7.03. The standard InChI is InChI=1S/C28H30N4O4S2/c1-5-19(3)30-16-22-17-37-28(31-22)32-27(33)21-13-20(26-18(2)7-6-12-29-26)14-24(15-21)36-23-8-10-25(11-9-23)38(4,34)35/h6-15,17,19,30H,5,16H2,1-4H3,(H,31,32,33). The molecule has 8 nitrogen and oxygen atoms in total. The van der Waals surface area contributed by atoms with Crippen LogP contribution in [0.25, 0.3) is 11.3 Å². The van der Waals surface area contributed by atoms with E-state index in [4.69, 9.17) is 4.74 Å². The largest absolute Gasteiger partial charge is 0.457 e. The van der Waals surface area contributed by atoms with E-state index in [0.29, 0.717) is 34.8 Å². The summed E-state index contributed by atoms with van der Waals surface area (Å²) >= 11 is 1.37. The van der Waals surface area contributed by atoms with E-state index in [2.05, 4.69) is 34.4 Å². The lowest BCUT2D eigenvalue weighted by molar-refractivity contribution is 0.102. The van der Waals surface area contributed by atoms with Gasteiger partial charge in [0, 0.05) is 41.5 Å². The van der Waals surface area contributed by atoms with Crippen LogP contribution >= 0.6 is 11.3 Å². The van der Waals surface area contributed by atoms with Crippen LogP contribution in [0.5, 0.6) is 11.5 Å². The van der Waals surface area contributed by atoms with Crippen molar-refractivity contribution < 1.29 is 17.9 Å². The Morgan fingerprint density at radius 1 is 1.11 bits per heavy atom. The summed E-state index contributed by atoms with van der Waals surface area (Å²) in [6, 6.07) is 15.5. The lowest BCUT2D eigenvalue weighted by atomic mass is 10.0. The Hall–Kier alpha value is -3.60. The highest BCUT2D eigenvalue weighted by Gasteiger charge is 2.15. The summed E-state index contributed by atoms with van der Waals surface area (Å²) in [7, 11) is -3.32. The number of aryl methyl sites for hydroxylation is 1. The first-order valence-corrected chi connectivity index (χ1v) is 14.9. The second-order valence-corrected chi connectivity index (χ2v) is 11.9. The molecule has 2 N–H and O–H groups in total. The molecule has 198 valence electrons. The third-order valence-corrected chi connectivity index (χ3v) is 7.89. The van der Waals surface area contributed by atoms with Crippen molar-refractivity contribution in [3.8, 4) is 22.8 Å². The van der Waals surface area contributed by atoms with Crippen molar-refractivity contribution in [2.24, 2.45) is 0 Å². The first-order valence-electron chi connectivity index (χ1n) is 12.2. The van der Waals surface area contributed by atoms with Crippen LogP contribution in [0.3, 0.4) is 0 Å². The molecule has 0 bridgehead atoms. The Labute approximate surface area is 227 Å². The molecule has 1 atom stereocenters. The predicted octanol–water partition coefficient (Wildman–Crippen LogP) is 5.85. The van der Waals surface area contributed by atoms with Crippen LogP contribution in [0.4, 0.5) is 5.13 Å². The maximum absolute atomic E-state index is 13.3. The number of nitrogens with one attached hydrogen (secondary N) is 2. The fourth-order valence-electron chi connectivity index (χ4n) is 3.64. The molecule has 1 unspecified atom stereocenters. The summed E-state index contributed by atoms with van der Waals surface area (Å²) in [6.07, 6.45) is 3.87. The second-order valence-electron chi connectivity index (χ2n) is 9.05. The number of hydrogen-bond donors (Lipinski definition) is 2. The summed E-state index contributed by atoms with van der Waals surface area (Å²) in [5, 5.41) is 8.71. The second kappa shape index (κ2) is 11.8. The topological polar surface area (TPSA) is 110 Å². The minimum atomic E-state index is -3.32. The molecule has 10 heteroatoms. The van der Waals surface area contributed by atoms with Crippen molar-refractivity contribution in [3.05, 3.63) is 83.0 Å². The molecule has 0 saturated heterocycles. The van der Waals surface area contributed by atoms with Crippen LogP contribution in [0.15, 0.2) is 71.1 Å². The van der Waals surface area contributed by atoms with Gasteiger partial charge in [-0.1, -0.05) is 13.0 Å². The van der Waals surface area contributed by atoms with Crippen molar-refractivity contribution in [1.29, 1.82) is 0 Å². The predicted molar refractivity (Wildman–Crippen MR) is 151 cm³/mol. The first kappa shape index (κ1) is 27.4. The number of pyridine rings is 1. The van der Waals surface area contributed by atoms with E-state index >= 15 is 0 Å². The Bertz CT molecular complexity index is 1530. The Kier molecular flexibility index (Phi) is 8.55. The van der Waals surface area contributed by atoms with E-state index in [-0.39, 0.29) is 10.8 Å². The molecule has 2 aromatic carbocycles. The van der Waals surface area contributed by atoms with Gasteiger partial charge < -0.3 is 10.1 Å². The molecular formula is C28H30N4O4S2. The number of rotatable bonds is 10. The molecule has 0 radical (unpaired) electrons. The fourth-order valence-corrected chi connectivity index (χ4v) is 4.98. The maximum atomic E-state index is 13.3. The average molecular weight is 551 g/mol. The Balaban J connectivity index is 1.61. The molecule has 0 fully saturated rings. The molecule has 0 aliphatic heterocycles. The van der Waals surface area contributed by atoms with Crippen molar-refractivity contribution in [3.63, 3.8) is 0 Å². The fraction of sp³-hybridized carbons (Fsp3) is 0.250. The van der Waals surface area contributed by atoms with E-state index in [1.54, 1.807) is 36.5 Å². The van der Waals surface area contributed by atoms with Gasteiger partial charge in [0.05, 0.1) is 16.3 Å². The summed E-state index contributed by atoms with van der Waals surface area (Å²) in [6.45, 7) is 6.81. The number of sulfone groups is 1. The van der Waals surface area contributed by atoms with E-state index in [9.17, 15) is 13.2 Å². The number of amides is 1. The van der Waals surface area contributed by atoms with Crippen LogP contribution in [0, 0.1) is 6.92 Å². The number of carbonyl (C=O) groups excluding carboxylic acids is 1. The van der Waals surface area contributed by atoms with Crippen molar-refractivity contribution >= 4 is 32.2 Å². The lowest BCUT2D eigenvalue weighted by Crippen LogP contribution is -2.24. The van der Waals surface area contributed by atoms with Gasteiger partial charge in [0.1, 0.15) is 11.5 Å². The van der Waals surface area contributed by atoms with Gasteiger partial charge in [-0.05, 0) is 74.4 Å². The van der Waals surface area contributed by atoms with E-state index in [1.165, 1.54) is 23.5 Å². The molecule has 2 aromatic heterocycles. The van der Waals surface area contributed by atoms with Crippen molar-refractivity contribution in [2.45, 2.75) is 44.7 Å². The summed E-state index contributed by atoms with van der Waals surface area (Å²) in [4.78, 5) is 22.5. The highest BCUT2D eigenvalue weighted by atomic mass is 32.2. The molecule has 0 aliphatic carbocycles. The van der Waals surface area contributed by atoms with Crippen LogP contribution in [0.1, 0.15) is 41.9 Å². The minimum absolute atomic E-state index is 0.199. The van der Waals surface area contributed by atoms with Crippen LogP contribution in [0.2, 0.25) is 0 Å². The molecule has 1 amide bonds. The molecule has 0 aliphatic rings. The molecule has 38 heavy (non-hydrogen) atoms. The average Bonchev–Trinajstić information content (AvgIpc) is 3.34. The quantitative estimate of drug-likeness (QED) is 0.255. The SMILES string of the molecule is CCC(C)NCc1csc(NC(=O)c2cc(Oc3ccc(S(C)(=O)=O)cc3)cc(-c3ncccc3C)c2)n1. The molecule has 4 aromatic rings. The Morgan fingerprint density at radius 3 is 2.55 bits per heavy atom. The van der Waals surface area contributed by atoms with Gasteiger partial charge >= 0.3 is 0 Å². The van der Waals surface area contributed by atoms with E-state index in [1.807, 2.05) is 24.4 Å². The number of benzene rings is 2. The van der Waals surface area contributed by atoms with Gasteiger partial charge in [0.25, 0.3) is 5.91 Å². The number of aromatic nitrogens is 2. The molecular weight excluding hydrogens is 520 g/mol. The third-order valence-electron chi connectivity index (χ3n) is 5.96. The summed E-state index contributed by atoms with van der Waals surface area (Å²) in [5.41, 5.74) is 3.64. The van der Waals surface area contributed by atoms with Gasteiger partial charge in [-0.3, -0.25) is 15.1 Å². The zero-order valence-electron chi connectivity index (χ0n) is 21.7. The molecule has 0 spiro atoms. The zero-order chi connectivity index (χ0) is 27.3. The maximum Gasteiger partial charge on any atom is 0.257 e. The van der Waals surface area contributed by atoms with Gasteiger partial charge in [-0.25, -0.2) is 13.4 Å². The monoisotopic (exact) mass is 550 g/mol. The smallest absolute Gasteiger partial charge is 0.257 e. The molecule has 2 heterocycles. The zero-order valence-corrected chi connectivity index (χ0v) is 23.3. The number of carbonyl (C=O) groups is 1.